The van der Waals surface area contributed by atoms with Crippen molar-refractivity contribution >= 4 is 11.6 Å². The minimum atomic E-state index is -0.543. The maximum absolute atomic E-state index is 13.8. The van der Waals surface area contributed by atoms with Gasteiger partial charge in [0.2, 0.25) is 0 Å². The number of rotatable bonds is 2. The van der Waals surface area contributed by atoms with Crippen molar-refractivity contribution < 1.29 is 14.3 Å². The zero-order valence-electron chi connectivity index (χ0n) is 11.5. The average molecular weight is 283 g/mol. The lowest BCUT2D eigenvalue weighted by Gasteiger charge is -2.08. The SMILES string of the molecule is Cc1ccccc1C(=O)Nc1ccc(C#CCO)c(F)c1. The molecule has 0 aliphatic heterocycles. The number of nitrogens with one attached hydrogen (secondary N) is 1. The molecular formula is C17H14FNO2. The summed E-state index contributed by atoms with van der Waals surface area (Å²) in [6.07, 6.45) is 0. The third kappa shape index (κ3) is 3.68. The van der Waals surface area contributed by atoms with E-state index < -0.39 is 5.82 Å². The molecule has 21 heavy (non-hydrogen) atoms. The summed E-state index contributed by atoms with van der Waals surface area (Å²) in [5.41, 5.74) is 1.93. The number of halogens is 1. The zero-order chi connectivity index (χ0) is 15.2. The summed E-state index contributed by atoms with van der Waals surface area (Å²) in [6, 6.07) is 11.4. The molecule has 0 bridgehead atoms. The summed E-state index contributed by atoms with van der Waals surface area (Å²) in [5, 5.41) is 11.2. The highest BCUT2D eigenvalue weighted by Gasteiger charge is 2.09. The first-order valence-electron chi connectivity index (χ1n) is 6.38. The molecule has 0 aliphatic rings. The van der Waals surface area contributed by atoms with E-state index in [4.69, 9.17) is 5.11 Å². The second-order valence-electron chi connectivity index (χ2n) is 4.42. The molecule has 0 saturated carbocycles. The zero-order valence-corrected chi connectivity index (χ0v) is 11.5. The summed E-state index contributed by atoms with van der Waals surface area (Å²) < 4.78 is 13.8. The number of aryl methyl sites for hydroxylation is 1. The second-order valence-corrected chi connectivity index (χ2v) is 4.42. The maximum atomic E-state index is 13.8. The van der Waals surface area contributed by atoms with E-state index in [1.807, 2.05) is 19.1 Å². The minimum Gasteiger partial charge on any atom is -0.384 e. The van der Waals surface area contributed by atoms with Gasteiger partial charge >= 0.3 is 0 Å². The Labute approximate surface area is 122 Å². The molecule has 0 aromatic heterocycles. The predicted octanol–water partition coefficient (Wildman–Crippen LogP) is 2.73. The van der Waals surface area contributed by atoms with Crippen LogP contribution in [0.25, 0.3) is 0 Å². The molecule has 2 aromatic rings. The number of hydrogen-bond acceptors (Lipinski definition) is 2. The molecule has 4 heteroatoms. The van der Waals surface area contributed by atoms with E-state index in [0.717, 1.165) is 5.56 Å². The second kappa shape index (κ2) is 6.69. The summed E-state index contributed by atoms with van der Waals surface area (Å²) in [7, 11) is 0. The van der Waals surface area contributed by atoms with Gasteiger partial charge in [0, 0.05) is 11.3 Å². The monoisotopic (exact) mass is 283 g/mol. The van der Waals surface area contributed by atoms with Crippen LogP contribution in [0.15, 0.2) is 42.5 Å². The van der Waals surface area contributed by atoms with Crippen molar-refractivity contribution in [2.75, 3.05) is 11.9 Å². The topological polar surface area (TPSA) is 49.3 Å². The number of benzene rings is 2. The van der Waals surface area contributed by atoms with Crippen molar-refractivity contribution in [3.8, 4) is 11.8 Å². The highest BCUT2D eigenvalue weighted by molar-refractivity contribution is 6.05. The Morgan fingerprint density at radius 2 is 2.05 bits per heavy atom. The first-order valence-corrected chi connectivity index (χ1v) is 6.38. The molecule has 3 nitrogen and oxygen atoms in total. The van der Waals surface area contributed by atoms with Crippen LogP contribution >= 0.6 is 0 Å². The lowest BCUT2D eigenvalue weighted by molar-refractivity contribution is 0.102. The number of amides is 1. The van der Waals surface area contributed by atoms with Gasteiger partial charge in [0.05, 0.1) is 5.56 Å². The largest absolute Gasteiger partial charge is 0.384 e. The van der Waals surface area contributed by atoms with Gasteiger partial charge < -0.3 is 10.4 Å². The van der Waals surface area contributed by atoms with Crippen LogP contribution in [0.5, 0.6) is 0 Å². The molecule has 0 heterocycles. The summed E-state index contributed by atoms with van der Waals surface area (Å²) in [5.74, 6) is 4.04. The number of anilines is 1. The van der Waals surface area contributed by atoms with E-state index >= 15 is 0 Å². The molecular weight excluding hydrogens is 269 g/mol. The maximum Gasteiger partial charge on any atom is 0.255 e. The molecule has 2 rings (SSSR count). The molecule has 0 unspecified atom stereocenters. The van der Waals surface area contributed by atoms with Crippen LogP contribution in [0.1, 0.15) is 21.5 Å². The first kappa shape index (κ1) is 14.8. The Morgan fingerprint density at radius 1 is 1.29 bits per heavy atom. The molecule has 0 aliphatic carbocycles. The Morgan fingerprint density at radius 3 is 2.71 bits per heavy atom. The molecule has 1 amide bonds. The van der Waals surface area contributed by atoms with E-state index in [2.05, 4.69) is 17.2 Å². The van der Waals surface area contributed by atoms with Gasteiger partial charge in [0.1, 0.15) is 12.4 Å². The minimum absolute atomic E-state index is 0.179. The van der Waals surface area contributed by atoms with Crippen molar-refractivity contribution in [2.24, 2.45) is 0 Å². The third-order valence-corrected chi connectivity index (χ3v) is 2.92. The number of carbonyl (C=O) groups is 1. The fourth-order valence-corrected chi connectivity index (χ4v) is 1.86. The van der Waals surface area contributed by atoms with E-state index in [1.54, 1.807) is 18.2 Å². The van der Waals surface area contributed by atoms with Gasteiger partial charge in [-0.05, 0) is 36.8 Å². The van der Waals surface area contributed by atoms with E-state index in [9.17, 15) is 9.18 Å². The lowest BCUT2D eigenvalue weighted by atomic mass is 10.1. The summed E-state index contributed by atoms with van der Waals surface area (Å²) in [6.45, 7) is 1.51. The first-order chi connectivity index (χ1) is 10.1. The fraction of sp³-hybridized carbons (Fsp3) is 0.118. The highest BCUT2D eigenvalue weighted by Crippen LogP contribution is 2.16. The van der Waals surface area contributed by atoms with Gasteiger partial charge in [-0.1, -0.05) is 30.0 Å². The van der Waals surface area contributed by atoms with Crippen molar-refractivity contribution in [1.29, 1.82) is 0 Å². The van der Waals surface area contributed by atoms with Crippen LogP contribution in [0.3, 0.4) is 0 Å². The molecule has 0 saturated heterocycles. The van der Waals surface area contributed by atoms with Gasteiger partial charge in [0.15, 0.2) is 0 Å². The lowest BCUT2D eigenvalue weighted by Crippen LogP contribution is -2.13. The highest BCUT2D eigenvalue weighted by atomic mass is 19.1. The summed E-state index contributed by atoms with van der Waals surface area (Å²) >= 11 is 0. The molecule has 2 aromatic carbocycles. The average Bonchev–Trinajstić information content (AvgIpc) is 2.47. The molecule has 0 radical (unpaired) electrons. The van der Waals surface area contributed by atoms with Gasteiger partial charge in [-0.15, -0.1) is 0 Å². The predicted molar refractivity (Wildman–Crippen MR) is 79.5 cm³/mol. The molecule has 2 N–H and O–H groups in total. The Hall–Kier alpha value is -2.64. The number of carbonyl (C=O) groups excluding carboxylic acids is 1. The Bertz CT molecular complexity index is 729. The van der Waals surface area contributed by atoms with Gasteiger partial charge in [-0.25, -0.2) is 4.39 Å². The van der Waals surface area contributed by atoms with Crippen LogP contribution < -0.4 is 5.32 Å². The van der Waals surface area contributed by atoms with Crippen molar-refractivity contribution in [1.82, 2.24) is 0 Å². The fourth-order valence-electron chi connectivity index (χ4n) is 1.86. The smallest absolute Gasteiger partial charge is 0.255 e. The van der Waals surface area contributed by atoms with E-state index in [0.29, 0.717) is 11.3 Å². The van der Waals surface area contributed by atoms with Crippen molar-refractivity contribution in [3.63, 3.8) is 0 Å². The van der Waals surface area contributed by atoms with Crippen LogP contribution in [0.2, 0.25) is 0 Å². The van der Waals surface area contributed by atoms with Crippen LogP contribution in [0.4, 0.5) is 10.1 Å². The number of aliphatic hydroxyl groups is 1. The number of hydrogen-bond donors (Lipinski definition) is 2. The van der Waals surface area contributed by atoms with E-state index in [1.165, 1.54) is 12.1 Å². The molecule has 0 atom stereocenters. The quantitative estimate of drug-likeness (QED) is 0.833. The number of aliphatic hydroxyl groups excluding tert-OH is 1. The molecule has 0 fully saturated rings. The van der Waals surface area contributed by atoms with Crippen LogP contribution in [0, 0.1) is 24.6 Å². The Kier molecular flexibility index (Phi) is 4.70. The van der Waals surface area contributed by atoms with E-state index in [-0.39, 0.29) is 18.1 Å². The molecule has 0 spiro atoms. The standard InChI is InChI=1S/C17H14FNO2/c1-12-5-2-3-7-15(12)17(21)19-14-9-8-13(6-4-10-20)16(18)11-14/h2-3,5,7-9,11,20H,10H2,1H3,(H,19,21). The van der Waals surface area contributed by atoms with Gasteiger partial charge in [-0.3, -0.25) is 4.79 Å². The van der Waals surface area contributed by atoms with Crippen molar-refractivity contribution in [2.45, 2.75) is 6.92 Å². The Balaban J connectivity index is 2.19. The van der Waals surface area contributed by atoms with Crippen molar-refractivity contribution in [3.05, 3.63) is 65.0 Å². The van der Waals surface area contributed by atoms with Crippen LogP contribution in [-0.4, -0.2) is 17.6 Å². The molecule has 106 valence electrons. The van der Waals surface area contributed by atoms with Crippen LogP contribution in [-0.2, 0) is 0 Å². The summed E-state index contributed by atoms with van der Waals surface area (Å²) in [4.78, 5) is 12.1. The normalized spacial score (nSPS) is 9.67. The van der Waals surface area contributed by atoms with Gasteiger partial charge in [0.25, 0.3) is 5.91 Å². The third-order valence-electron chi connectivity index (χ3n) is 2.92. The van der Waals surface area contributed by atoms with Gasteiger partial charge in [-0.2, -0.15) is 0 Å².